The van der Waals surface area contributed by atoms with Crippen molar-refractivity contribution in [1.82, 2.24) is 4.98 Å². The number of hydrogen-bond acceptors (Lipinski definition) is 7. The van der Waals surface area contributed by atoms with Crippen molar-refractivity contribution in [3.05, 3.63) is 83.7 Å². The maximum absolute atomic E-state index is 13.3. The number of anilines is 1. The zero-order valence-electron chi connectivity index (χ0n) is 19.0. The van der Waals surface area contributed by atoms with E-state index in [9.17, 15) is 14.7 Å². The summed E-state index contributed by atoms with van der Waals surface area (Å²) in [5, 5.41) is 11.1. The maximum atomic E-state index is 13.3. The van der Waals surface area contributed by atoms with E-state index in [2.05, 4.69) is 4.98 Å². The van der Waals surface area contributed by atoms with Gasteiger partial charge in [0.2, 0.25) is 0 Å². The van der Waals surface area contributed by atoms with Crippen molar-refractivity contribution in [3.8, 4) is 17.2 Å². The predicted molar refractivity (Wildman–Crippen MR) is 126 cm³/mol. The van der Waals surface area contributed by atoms with E-state index in [1.807, 2.05) is 6.92 Å². The Morgan fingerprint density at radius 2 is 1.65 bits per heavy atom. The normalized spacial score (nSPS) is 17.0. The first-order chi connectivity index (χ1) is 16.5. The highest BCUT2D eigenvalue weighted by atomic mass is 16.5. The van der Waals surface area contributed by atoms with Gasteiger partial charge in [0.25, 0.3) is 11.7 Å². The number of aromatic nitrogens is 1. The van der Waals surface area contributed by atoms with E-state index < -0.39 is 17.7 Å². The molecule has 8 nitrogen and oxygen atoms in total. The van der Waals surface area contributed by atoms with Crippen LogP contribution in [-0.2, 0) is 9.59 Å². The van der Waals surface area contributed by atoms with Crippen LogP contribution in [0, 0.1) is 0 Å². The number of pyridine rings is 1. The average molecular weight is 460 g/mol. The second-order valence-corrected chi connectivity index (χ2v) is 7.45. The molecule has 0 aliphatic carbocycles. The van der Waals surface area contributed by atoms with E-state index in [-0.39, 0.29) is 11.3 Å². The molecule has 1 aliphatic heterocycles. The minimum Gasteiger partial charge on any atom is -0.507 e. The highest BCUT2D eigenvalue weighted by Gasteiger charge is 2.47. The number of carbonyl (C=O) groups excluding carboxylic acids is 2. The molecule has 0 bridgehead atoms. The summed E-state index contributed by atoms with van der Waals surface area (Å²) in [6.07, 6.45) is 3.01. The number of nitrogens with zero attached hydrogens (tertiary/aromatic N) is 2. The molecule has 4 rings (SSSR count). The van der Waals surface area contributed by atoms with Gasteiger partial charge in [-0.15, -0.1) is 0 Å². The maximum Gasteiger partial charge on any atom is 0.300 e. The molecule has 1 N–H and O–H groups in total. The number of rotatable bonds is 7. The van der Waals surface area contributed by atoms with E-state index >= 15 is 0 Å². The van der Waals surface area contributed by atoms with Crippen LogP contribution in [0.3, 0.4) is 0 Å². The Hall–Kier alpha value is -4.33. The van der Waals surface area contributed by atoms with Crippen molar-refractivity contribution in [1.29, 1.82) is 0 Å². The van der Waals surface area contributed by atoms with E-state index in [1.54, 1.807) is 54.6 Å². The van der Waals surface area contributed by atoms with Crippen molar-refractivity contribution in [2.24, 2.45) is 0 Å². The molecule has 1 fully saturated rings. The molecule has 0 spiro atoms. The summed E-state index contributed by atoms with van der Waals surface area (Å²) in [6.45, 7) is 2.38. The van der Waals surface area contributed by atoms with Gasteiger partial charge in [0, 0.05) is 23.6 Å². The lowest BCUT2D eigenvalue weighted by Crippen LogP contribution is -2.29. The lowest BCUT2D eigenvalue weighted by Gasteiger charge is -2.26. The van der Waals surface area contributed by atoms with Gasteiger partial charge in [-0.05, 0) is 61.0 Å². The number of hydrogen-bond donors (Lipinski definition) is 1. The van der Waals surface area contributed by atoms with Gasteiger partial charge in [-0.1, -0.05) is 6.07 Å². The van der Waals surface area contributed by atoms with Crippen LogP contribution >= 0.6 is 0 Å². The van der Waals surface area contributed by atoms with Crippen LogP contribution in [0.4, 0.5) is 5.69 Å². The first-order valence-electron chi connectivity index (χ1n) is 10.7. The van der Waals surface area contributed by atoms with Crippen molar-refractivity contribution in [2.45, 2.75) is 13.0 Å². The second kappa shape index (κ2) is 9.66. The highest BCUT2D eigenvalue weighted by Crippen LogP contribution is 2.44. The molecule has 0 saturated carbocycles. The minimum atomic E-state index is -0.897. The summed E-state index contributed by atoms with van der Waals surface area (Å²) >= 11 is 0. The number of ketones is 1. The fourth-order valence-electron chi connectivity index (χ4n) is 3.97. The van der Waals surface area contributed by atoms with Gasteiger partial charge in [0.05, 0.1) is 32.4 Å². The molecular formula is C26H24N2O6. The number of Topliss-reactive ketones (excluding diaryl/α,β-unsaturated/α-hetero) is 1. The Bertz CT molecular complexity index is 1240. The van der Waals surface area contributed by atoms with Crippen LogP contribution in [-0.4, -0.2) is 42.6 Å². The number of amides is 1. The lowest BCUT2D eigenvalue weighted by molar-refractivity contribution is -0.132. The average Bonchev–Trinajstić information content (AvgIpc) is 3.14. The largest absolute Gasteiger partial charge is 0.507 e. The molecular weight excluding hydrogens is 436 g/mol. The van der Waals surface area contributed by atoms with Crippen LogP contribution in [0.1, 0.15) is 24.1 Å². The summed E-state index contributed by atoms with van der Waals surface area (Å²) in [5.41, 5.74) is 1.41. The van der Waals surface area contributed by atoms with Crippen molar-refractivity contribution < 1.29 is 28.9 Å². The zero-order chi connectivity index (χ0) is 24.2. The van der Waals surface area contributed by atoms with E-state index in [4.69, 9.17) is 14.2 Å². The van der Waals surface area contributed by atoms with E-state index in [0.29, 0.717) is 40.7 Å². The Kier molecular flexibility index (Phi) is 6.49. The smallest absolute Gasteiger partial charge is 0.300 e. The number of aliphatic hydroxyl groups excluding tert-OH is 1. The Labute approximate surface area is 197 Å². The van der Waals surface area contributed by atoms with Crippen molar-refractivity contribution >= 4 is 23.1 Å². The molecule has 1 aliphatic rings. The molecule has 2 aromatic carbocycles. The van der Waals surface area contributed by atoms with Gasteiger partial charge in [0.15, 0.2) is 11.5 Å². The summed E-state index contributed by atoms with van der Waals surface area (Å²) in [5.74, 6) is -0.251. The lowest BCUT2D eigenvalue weighted by atomic mass is 9.95. The first kappa shape index (κ1) is 22.8. The fourth-order valence-corrected chi connectivity index (χ4v) is 3.97. The Morgan fingerprint density at radius 3 is 2.26 bits per heavy atom. The molecule has 174 valence electrons. The van der Waals surface area contributed by atoms with Crippen LogP contribution in [0.5, 0.6) is 17.2 Å². The number of ether oxygens (including phenoxy) is 3. The van der Waals surface area contributed by atoms with Gasteiger partial charge < -0.3 is 19.3 Å². The summed E-state index contributed by atoms with van der Waals surface area (Å²) in [7, 11) is 3.02. The molecule has 1 amide bonds. The van der Waals surface area contributed by atoms with Gasteiger partial charge in [-0.2, -0.15) is 0 Å². The Balaban J connectivity index is 1.92. The van der Waals surface area contributed by atoms with Crippen LogP contribution in [0.25, 0.3) is 5.76 Å². The quantitative estimate of drug-likeness (QED) is 0.322. The van der Waals surface area contributed by atoms with Crippen LogP contribution < -0.4 is 19.1 Å². The van der Waals surface area contributed by atoms with E-state index in [0.717, 1.165) is 0 Å². The molecule has 1 unspecified atom stereocenters. The minimum absolute atomic E-state index is 0.0303. The van der Waals surface area contributed by atoms with Crippen molar-refractivity contribution in [2.75, 3.05) is 25.7 Å². The van der Waals surface area contributed by atoms with Crippen LogP contribution in [0.2, 0.25) is 0 Å². The predicted octanol–water partition coefficient (Wildman–Crippen LogP) is 4.12. The number of benzene rings is 2. The Morgan fingerprint density at radius 1 is 0.971 bits per heavy atom. The summed E-state index contributed by atoms with van der Waals surface area (Å²) in [4.78, 5) is 31.8. The first-order valence-corrected chi connectivity index (χ1v) is 10.7. The number of carbonyl (C=O) groups is 2. The standard InChI is InChI=1S/C26H24N2O6/c1-4-34-19-8-6-18(7-9-19)28-23(17-5-10-20(32-2)21(15-17)33-3)22(25(30)26(28)31)24(29)16-11-13-27-14-12-16/h5-15,23,29H,4H2,1-3H3/b24-22-. The highest BCUT2D eigenvalue weighted by molar-refractivity contribution is 6.51. The summed E-state index contributed by atoms with van der Waals surface area (Å²) < 4.78 is 16.3. The molecule has 8 heteroatoms. The third-order valence-electron chi connectivity index (χ3n) is 5.55. The molecule has 34 heavy (non-hydrogen) atoms. The second-order valence-electron chi connectivity index (χ2n) is 7.45. The molecule has 0 radical (unpaired) electrons. The molecule has 2 heterocycles. The molecule has 1 saturated heterocycles. The summed E-state index contributed by atoms with van der Waals surface area (Å²) in [6, 6.07) is 14.2. The third kappa shape index (κ3) is 4.05. The molecule has 1 aromatic heterocycles. The van der Waals surface area contributed by atoms with Gasteiger partial charge in [-0.25, -0.2) is 0 Å². The van der Waals surface area contributed by atoms with E-state index in [1.165, 1.54) is 31.5 Å². The zero-order valence-corrected chi connectivity index (χ0v) is 19.0. The molecule has 3 aromatic rings. The van der Waals surface area contributed by atoms with Gasteiger partial charge >= 0.3 is 0 Å². The number of aliphatic hydroxyl groups is 1. The van der Waals surface area contributed by atoms with Crippen molar-refractivity contribution in [3.63, 3.8) is 0 Å². The van der Waals surface area contributed by atoms with Gasteiger partial charge in [0.1, 0.15) is 11.5 Å². The van der Waals surface area contributed by atoms with Crippen LogP contribution in [0.15, 0.2) is 72.6 Å². The topological polar surface area (TPSA) is 98.2 Å². The van der Waals surface area contributed by atoms with Gasteiger partial charge in [-0.3, -0.25) is 19.5 Å². The number of methoxy groups -OCH3 is 2. The monoisotopic (exact) mass is 460 g/mol. The third-order valence-corrected chi connectivity index (χ3v) is 5.55. The fraction of sp³-hybridized carbons (Fsp3) is 0.192. The SMILES string of the molecule is CCOc1ccc(N2C(=O)C(=O)/C(=C(\O)c3ccncc3)C2c2ccc(OC)c(OC)c2)cc1. The molecule has 1 atom stereocenters.